The van der Waals surface area contributed by atoms with Crippen molar-refractivity contribution in [3.63, 3.8) is 0 Å². The lowest BCUT2D eigenvalue weighted by atomic mass is 9.91. The van der Waals surface area contributed by atoms with Crippen molar-refractivity contribution in [2.75, 3.05) is 0 Å². The van der Waals surface area contributed by atoms with Gasteiger partial charge in [-0.1, -0.05) is 36.2 Å². The van der Waals surface area contributed by atoms with Crippen molar-refractivity contribution >= 4 is 28.3 Å². The molecule has 3 nitrogen and oxygen atoms in total. The molecule has 0 saturated heterocycles. The molecule has 1 aromatic carbocycles. The summed E-state index contributed by atoms with van der Waals surface area (Å²) in [5, 5.41) is 10.1. The fraction of sp³-hybridized carbons (Fsp3) is 0.538. The van der Waals surface area contributed by atoms with Gasteiger partial charge in [0.1, 0.15) is 5.75 Å². The number of alkyl halides is 3. The highest BCUT2D eigenvalue weighted by molar-refractivity contribution is 9.10. The zero-order chi connectivity index (χ0) is 15.5. The first-order chi connectivity index (χ1) is 9.15. The fourth-order valence-electron chi connectivity index (χ4n) is 1.78. The van der Waals surface area contributed by atoms with E-state index in [4.69, 9.17) is 5.73 Å². The minimum Gasteiger partial charge on any atom is -0.405 e. The topological polar surface area (TPSA) is 55.5 Å². The van der Waals surface area contributed by atoms with Crippen LogP contribution in [0.4, 0.5) is 13.2 Å². The van der Waals surface area contributed by atoms with Gasteiger partial charge in [-0.15, -0.1) is 25.6 Å². The summed E-state index contributed by atoms with van der Waals surface area (Å²) in [6.07, 6.45) is -5.09. The lowest BCUT2D eigenvalue weighted by Crippen LogP contribution is -2.32. The lowest BCUT2D eigenvalue weighted by molar-refractivity contribution is -0.275. The first-order valence-corrected chi connectivity index (χ1v) is 6.93. The van der Waals surface area contributed by atoms with Crippen LogP contribution in [0.15, 0.2) is 22.7 Å². The van der Waals surface area contributed by atoms with E-state index in [1.807, 2.05) is 6.92 Å². The molecule has 0 amide bonds. The third-order valence-corrected chi connectivity index (χ3v) is 3.64. The van der Waals surface area contributed by atoms with Gasteiger partial charge in [-0.05, 0) is 24.1 Å². The van der Waals surface area contributed by atoms with E-state index in [0.29, 0.717) is 10.9 Å². The summed E-state index contributed by atoms with van der Waals surface area (Å²) in [4.78, 5) is 0. The van der Waals surface area contributed by atoms with Crippen LogP contribution in [-0.4, -0.2) is 17.6 Å². The van der Waals surface area contributed by atoms with Crippen LogP contribution in [-0.2, 0) is 0 Å². The van der Waals surface area contributed by atoms with Gasteiger partial charge in [0.05, 0.1) is 12.1 Å². The Morgan fingerprint density at radius 3 is 2.43 bits per heavy atom. The largest absolute Gasteiger partial charge is 0.573 e. The highest BCUT2D eigenvalue weighted by Gasteiger charge is 2.34. The number of halogens is 5. The summed E-state index contributed by atoms with van der Waals surface area (Å²) in [5.41, 5.74) is 6.00. The Morgan fingerprint density at radius 1 is 1.38 bits per heavy atom. The van der Waals surface area contributed by atoms with Crippen molar-refractivity contribution in [3.8, 4) is 5.75 Å². The van der Waals surface area contributed by atoms with E-state index in [-0.39, 0.29) is 23.9 Å². The Bertz CT molecular complexity index is 460. The van der Waals surface area contributed by atoms with E-state index in [0.717, 1.165) is 0 Å². The van der Waals surface area contributed by atoms with E-state index in [1.165, 1.54) is 18.2 Å². The lowest BCUT2D eigenvalue weighted by Gasteiger charge is -2.26. The molecule has 0 aliphatic carbocycles. The number of rotatable bonds is 5. The summed E-state index contributed by atoms with van der Waals surface area (Å²) in [6.45, 7) is 3.65. The molecule has 0 bridgehead atoms. The normalized spacial score (nSPS) is 15.8. The highest BCUT2D eigenvalue weighted by Crippen LogP contribution is 2.34. The van der Waals surface area contributed by atoms with Gasteiger partial charge in [0, 0.05) is 10.0 Å². The third-order valence-electron chi connectivity index (χ3n) is 3.15. The number of aliphatic hydroxyl groups excluding tert-OH is 1. The molecule has 0 aromatic heterocycles. The molecule has 0 spiro atoms. The van der Waals surface area contributed by atoms with Gasteiger partial charge in [0.25, 0.3) is 0 Å². The number of ether oxygens (including phenoxy) is 1. The average Bonchev–Trinajstić information content (AvgIpc) is 2.36. The minimum atomic E-state index is -4.80. The Kier molecular flexibility index (Phi) is 8.02. The molecule has 8 heteroatoms. The molecular weight excluding hydrogens is 374 g/mol. The van der Waals surface area contributed by atoms with E-state index < -0.39 is 24.3 Å². The molecule has 1 aromatic rings. The number of hydrogen-bond acceptors (Lipinski definition) is 3. The number of hydrogen-bond donors (Lipinski definition) is 2. The highest BCUT2D eigenvalue weighted by atomic mass is 79.9. The minimum absolute atomic E-state index is 0. The van der Waals surface area contributed by atoms with Crippen LogP contribution < -0.4 is 10.5 Å². The molecule has 0 fully saturated rings. The summed E-state index contributed by atoms with van der Waals surface area (Å²) in [5.74, 6) is -0.529. The second-order valence-corrected chi connectivity index (χ2v) is 5.55. The predicted octanol–water partition coefficient (Wildman–Crippen LogP) is 4.18. The smallest absolute Gasteiger partial charge is 0.405 e. The maximum absolute atomic E-state index is 12.4. The van der Waals surface area contributed by atoms with Crippen molar-refractivity contribution in [3.05, 3.63) is 28.2 Å². The van der Waals surface area contributed by atoms with Crippen LogP contribution in [0.1, 0.15) is 31.9 Å². The maximum Gasteiger partial charge on any atom is 0.573 e. The van der Waals surface area contributed by atoms with Crippen molar-refractivity contribution in [1.82, 2.24) is 0 Å². The molecule has 3 N–H and O–H groups in total. The van der Waals surface area contributed by atoms with Gasteiger partial charge in [0.15, 0.2) is 0 Å². The van der Waals surface area contributed by atoms with Gasteiger partial charge in [-0.25, -0.2) is 0 Å². The van der Waals surface area contributed by atoms with Crippen LogP contribution in [0.3, 0.4) is 0 Å². The summed E-state index contributed by atoms with van der Waals surface area (Å²) in [6, 6.07) is 3.07. The molecule has 0 heterocycles. The number of benzene rings is 1. The molecule has 0 aliphatic heterocycles. The van der Waals surface area contributed by atoms with Crippen LogP contribution in [0, 0.1) is 5.92 Å². The van der Waals surface area contributed by atoms with Crippen molar-refractivity contribution in [1.29, 1.82) is 0 Å². The second kappa shape index (κ2) is 8.22. The average molecular weight is 393 g/mol. The molecule has 0 aliphatic rings. The fourth-order valence-corrected chi connectivity index (χ4v) is 2.16. The first-order valence-electron chi connectivity index (χ1n) is 6.14. The maximum atomic E-state index is 12.4. The Hall–Kier alpha value is -0.500. The van der Waals surface area contributed by atoms with E-state index in [9.17, 15) is 18.3 Å². The summed E-state index contributed by atoms with van der Waals surface area (Å²) in [7, 11) is 0. The summed E-state index contributed by atoms with van der Waals surface area (Å²) >= 11 is 3.17. The van der Waals surface area contributed by atoms with Crippen molar-refractivity contribution in [2.45, 2.75) is 38.8 Å². The molecule has 0 saturated carbocycles. The van der Waals surface area contributed by atoms with Gasteiger partial charge < -0.3 is 15.6 Å². The molecule has 3 atom stereocenters. The Morgan fingerprint density at radius 2 is 1.95 bits per heavy atom. The van der Waals surface area contributed by atoms with Gasteiger partial charge in [-0.3, -0.25) is 0 Å². The molecule has 21 heavy (non-hydrogen) atoms. The molecule has 122 valence electrons. The summed E-state index contributed by atoms with van der Waals surface area (Å²) < 4.78 is 41.6. The SMILES string of the molecule is CCC(C)[C@H](O)[C@H](N)c1cc(Br)ccc1OC(F)(F)F.Cl. The van der Waals surface area contributed by atoms with Crippen LogP contribution in [0.25, 0.3) is 0 Å². The third kappa shape index (κ3) is 6.02. The van der Waals surface area contributed by atoms with Crippen molar-refractivity contribution in [2.24, 2.45) is 11.7 Å². The van der Waals surface area contributed by atoms with E-state index in [1.54, 1.807) is 6.92 Å². The monoisotopic (exact) mass is 391 g/mol. The second-order valence-electron chi connectivity index (χ2n) is 4.63. The van der Waals surface area contributed by atoms with E-state index >= 15 is 0 Å². The molecule has 1 unspecified atom stereocenters. The standard InChI is InChI=1S/C13H17BrF3NO2.ClH/c1-3-7(2)12(19)11(18)9-6-8(14)4-5-10(9)20-13(15,16)17;/h4-7,11-12,19H,3,18H2,1-2H3;1H/t7?,11-,12+;/m1./s1. The Labute approximate surface area is 136 Å². The molecule has 1 rings (SSSR count). The Balaban J connectivity index is 0.00000400. The molecular formula is C13H18BrClF3NO2. The van der Waals surface area contributed by atoms with Crippen LogP contribution >= 0.6 is 28.3 Å². The number of aliphatic hydroxyl groups is 1. The zero-order valence-corrected chi connectivity index (χ0v) is 13.9. The predicted molar refractivity (Wildman–Crippen MR) is 80.5 cm³/mol. The quantitative estimate of drug-likeness (QED) is 0.790. The van der Waals surface area contributed by atoms with Gasteiger partial charge >= 0.3 is 6.36 Å². The van der Waals surface area contributed by atoms with Crippen molar-refractivity contribution < 1.29 is 23.0 Å². The van der Waals surface area contributed by atoms with Crippen LogP contribution in [0.5, 0.6) is 5.75 Å². The van der Waals surface area contributed by atoms with Gasteiger partial charge in [0.2, 0.25) is 0 Å². The zero-order valence-electron chi connectivity index (χ0n) is 11.5. The molecule has 0 radical (unpaired) electrons. The first kappa shape index (κ1) is 20.5. The van der Waals surface area contributed by atoms with E-state index in [2.05, 4.69) is 20.7 Å². The van der Waals surface area contributed by atoms with Gasteiger partial charge in [-0.2, -0.15) is 0 Å². The van der Waals surface area contributed by atoms with Crippen LogP contribution in [0.2, 0.25) is 0 Å². The number of nitrogens with two attached hydrogens (primary N) is 1.